The van der Waals surface area contributed by atoms with Gasteiger partial charge in [-0.25, -0.2) is 0 Å². The van der Waals surface area contributed by atoms with Crippen LogP contribution in [0.4, 0.5) is 11.4 Å². The van der Waals surface area contributed by atoms with Gasteiger partial charge in [0.1, 0.15) is 6.29 Å². The number of anilines is 2. The van der Waals surface area contributed by atoms with E-state index in [1.54, 1.807) is 11.1 Å². The van der Waals surface area contributed by atoms with Crippen LogP contribution in [-0.4, -0.2) is 12.3 Å². The van der Waals surface area contributed by atoms with E-state index in [0.29, 0.717) is 12.0 Å². The molecular weight excluding hydrogens is 426 g/mol. The Balaban J connectivity index is 1.49. The number of carbonyl (C=O) groups is 1. The van der Waals surface area contributed by atoms with Gasteiger partial charge in [0.15, 0.2) is 0 Å². The molecule has 3 aliphatic rings. The maximum atomic E-state index is 11.5. The molecule has 2 unspecified atom stereocenters. The molecule has 2 atom stereocenters. The van der Waals surface area contributed by atoms with Crippen LogP contribution in [0.1, 0.15) is 105 Å². The van der Waals surface area contributed by atoms with Crippen molar-refractivity contribution in [2.24, 2.45) is 0 Å². The average molecular weight is 464 g/mol. The fraction of sp³-hybridized carbons (Fsp3) is 0.424. The monoisotopic (exact) mass is 463 g/mol. The average Bonchev–Trinajstić information content (AvgIpc) is 3.56. The minimum absolute atomic E-state index is 0.147. The summed E-state index contributed by atoms with van der Waals surface area (Å²) < 4.78 is 0. The predicted octanol–water partition coefficient (Wildman–Crippen LogP) is 8.93. The maximum absolute atomic E-state index is 11.5. The van der Waals surface area contributed by atoms with Gasteiger partial charge in [0, 0.05) is 34.3 Å². The molecule has 1 fully saturated rings. The molecule has 0 spiro atoms. The molecule has 180 valence electrons. The van der Waals surface area contributed by atoms with Crippen LogP contribution in [0, 0.1) is 0 Å². The van der Waals surface area contributed by atoms with Gasteiger partial charge in [-0.1, -0.05) is 76.3 Å². The highest BCUT2D eigenvalue weighted by Crippen LogP contribution is 2.57. The van der Waals surface area contributed by atoms with Gasteiger partial charge in [0.25, 0.3) is 0 Å². The van der Waals surface area contributed by atoms with Crippen LogP contribution >= 0.6 is 0 Å². The molecule has 2 aliphatic carbocycles. The fourth-order valence-corrected chi connectivity index (χ4v) is 7.51. The van der Waals surface area contributed by atoms with Crippen LogP contribution < -0.4 is 4.90 Å². The molecule has 3 aromatic rings. The van der Waals surface area contributed by atoms with E-state index in [9.17, 15) is 4.79 Å². The largest absolute Gasteiger partial charge is 0.337 e. The lowest BCUT2D eigenvalue weighted by Crippen LogP contribution is -2.27. The van der Waals surface area contributed by atoms with Gasteiger partial charge in [-0.3, -0.25) is 4.79 Å². The van der Waals surface area contributed by atoms with Crippen molar-refractivity contribution in [1.29, 1.82) is 0 Å². The molecular formula is C33H37NO. The Morgan fingerprint density at radius 1 is 0.886 bits per heavy atom. The van der Waals surface area contributed by atoms with E-state index in [2.05, 4.69) is 73.3 Å². The quantitative estimate of drug-likeness (QED) is 0.311. The minimum Gasteiger partial charge on any atom is -0.337 e. The third kappa shape index (κ3) is 3.40. The van der Waals surface area contributed by atoms with Crippen molar-refractivity contribution in [3.05, 3.63) is 82.9 Å². The van der Waals surface area contributed by atoms with Crippen LogP contribution in [0.5, 0.6) is 0 Å². The number of rotatable bonds is 8. The summed E-state index contributed by atoms with van der Waals surface area (Å²) in [7, 11) is 0. The molecule has 0 bridgehead atoms. The second kappa shape index (κ2) is 8.97. The molecule has 0 aromatic heterocycles. The van der Waals surface area contributed by atoms with Crippen LogP contribution in [0.15, 0.2) is 60.7 Å². The van der Waals surface area contributed by atoms with Crippen molar-refractivity contribution in [3.8, 4) is 11.1 Å². The lowest BCUT2D eigenvalue weighted by molar-refractivity contribution is 0.112. The number of aldehydes is 1. The second-order valence-electron chi connectivity index (χ2n) is 11.0. The van der Waals surface area contributed by atoms with Gasteiger partial charge < -0.3 is 4.90 Å². The fourth-order valence-electron chi connectivity index (χ4n) is 7.51. The Morgan fingerprint density at radius 3 is 2.43 bits per heavy atom. The first-order chi connectivity index (χ1) is 17.2. The molecule has 0 saturated heterocycles. The number of benzene rings is 3. The SMILES string of the molecule is CCCCC1(CCCC)c2ccccc2-c2cc(N3c4ccc(C=O)cc4C4CCCC43)ccc21. The molecule has 0 radical (unpaired) electrons. The van der Waals surface area contributed by atoms with E-state index >= 15 is 0 Å². The van der Waals surface area contributed by atoms with E-state index in [1.165, 1.54) is 85.9 Å². The Kier molecular flexibility index (Phi) is 5.79. The predicted molar refractivity (Wildman–Crippen MR) is 146 cm³/mol. The molecule has 1 aliphatic heterocycles. The zero-order valence-electron chi connectivity index (χ0n) is 21.2. The topological polar surface area (TPSA) is 20.3 Å². The Morgan fingerprint density at radius 2 is 1.66 bits per heavy atom. The second-order valence-corrected chi connectivity index (χ2v) is 11.0. The minimum atomic E-state index is 0.147. The Bertz CT molecular complexity index is 1250. The molecule has 35 heavy (non-hydrogen) atoms. The summed E-state index contributed by atoms with van der Waals surface area (Å²) in [6.07, 6.45) is 12.2. The summed E-state index contributed by atoms with van der Waals surface area (Å²) in [4.78, 5) is 14.1. The third-order valence-corrected chi connectivity index (χ3v) is 9.10. The number of hydrogen-bond donors (Lipinski definition) is 0. The Hall–Kier alpha value is -2.87. The van der Waals surface area contributed by atoms with Crippen molar-refractivity contribution in [3.63, 3.8) is 0 Å². The standard InChI is InChI=1S/C33H37NO/c1-3-5-18-33(19-6-4-2)29-12-8-7-10-25(29)27-21-24(15-16-30(27)33)34-31-13-9-11-26(31)28-20-23(22-35)14-17-32(28)34/h7-8,10,12,14-17,20-22,26,31H,3-6,9,11,13,18-19H2,1-2H3. The van der Waals surface area contributed by atoms with Gasteiger partial charge >= 0.3 is 0 Å². The number of nitrogens with zero attached hydrogens (tertiary/aromatic N) is 1. The molecule has 0 N–H and O–H groups in total. The lowest BCUT2D eigenvalue weighted by Gasteiger charge is -2.33. The zero-order chi connectivity index (χ0) is 24.0. The smallest absolute Gasteiger partial charge is 0.150 e. The van der Waals surface area contributed by atoms with Gasteiger partial charge in [0.05, 0.1) is 0 Å². The normalized spacial score (nSPS) is 20.9. The summed E-state index contributed by atoms with van der Waals surface area (Å²) in [5.41, 5.74) is 10.9. The molecule has 0 amide bonds. The summed E-state index contributed by atoms with van der Waals surface area (Å²) in [5, 5.41) is 0. The van der Waals surface area contributed by atoms with Crippen LogP contribution in [0.3, 0.4) is 0 Å². The van der Waals surface area contributed by atoms with Gasteiger partial charge in [-0.15, -0.1) is 0 Å². The summed E-state index contributed by atoms with van der Waals surface area (Å²) >= 11 is 0. The van der Waals surface area contributed by atoms with E-state index in [-0.39, 0.29) is 5.41 Å². The van der Waals surface area contributed by atoms with Crippen LogP contribution in [0.2, 0.25) is 0 Å². The van der Waals surface area contributed by atoms with Crippen LogP contribution in [0.25, 0.3) is 11.1 Å². The zero-order valence-corrected chi connectivity index (χ0v) is 21.2. The number of hydrogen-bond acceptors (Lipinski definition) is 2. The summed E-state index contributed by atoms with van der Waals surface area (Å²) in [5.74, 6) is 0.540. The molecule has 1 saturated carbocycles. The molecule has 2 heteroatoms. The highest BCUT2D eigenvalue weighted by Gasteiger charge is 2.45. The number of carbonyl (C=O) groups excluding carboxylic acids is 1. The Labute approximate surface area is 210 Å². The highest BCUT2D eigenvalue weighted by molar-refractivity contribution is 5.86. The van der Waals surface area contributed by atoms with Crippen molar-refractivity contribution in [1.82, 2.24) is 0 Å². The van der Waals surface area contributed by atoms with Crippen LogP contribution in [-0.2, 0) is 5.41 Å². The van der Waals surface area contributed by atoms with E-state index in [0.717, 1.165) is 11.8 Å². The lowest BCUT2D eigenvalue weighted by atomic mass is 9.71. The first-order valence-corrected chi connectivity index (χ1v) is 13.8. The highest BCUT2D eigenvalue weighted by atomic mass is 16.1. The number of unbranched alkanes of at least 4 members (excludes halogenated alkanes) is 2. The van der Waals surface area contributed by atoms with E-state index in [1.807, 2.05) is 6.07 Å². The third-order valence-electron chi connectivity index (χ3n) is 9.10. The van der Waals surface area contributed by atoms with E-state index < -0.39 is 0 Å². The van der Waals surface area contributed by atoms with E-state index in [4.69, 9.17) is 0 Å². The van der Waals surface area contributed by atoms with Crippen molar-refractivity contribution < 1.29 is 4.79 Å². The molecule has 1 heterocycles. The maximum Gasteiger partial charge on any atom is 0.150 e. The first-order valence-electron chi connectivity index (χ1n) is 13.8. The van der Waals surface area contributed by atoms with Crippen molar-refractivity contribution in [2.75, 3.05) is 4.90 Å². The number of fused-ring (bicyclic) bond motifs is 6. The molecule has 3 aromatic carbocycles. The van der Waals surface area contributed by atoms with Gasteiger partial charge in [-0.05, 0) is 83.8 Å². The summed E-state index contributed by atoms with van der Waals surface area (Å²) in [6, 6.07) is 23.4. The first kappa shape index (κ1) is 22.6. The van der Waals surface area contributed by atoms with Gasteiger partial charge in [0.2, 0.25) is 0 Å². The molecule has 6 rings (SSSR count). The van der Waals surface area contributed by atoms with Crippen molar-refractivity contribution in [2.45, 2.75) is 89.0 Å². The summed E-state index contributed by atoms with van der Waals surface area (Å²) in [6.45, 7) is 4.63. The molecule has 2 nitrogen and oxygen atoms in total. The van der Waals surface area contributed by atoms with Crippen molar-refractivity contribution >= 4 is 17.7 Å². The van der Waals surface area contributed by atoms with Gasteiger partial charge in [-0.2, -0.15) is 0 Å².